The second kappa shape index (κ2) is 11.8. The molecular formula is C27H25BrFN7O. The average molecular weight is 562 g/mol. The number of aromatic nitrogens is 3. The van der Waals surface area contributed by atoms with E-state index in [2.05, 4.69) is 51.6 Å². The summed E-state index contributed by atoms with van der Waals surface area (Å²) in [6.07, 6.45) is 3.86. The summed E-state index contributed by atoms with van der Waals surface area (Å²) in [5, 5.41) is 7.61. The topological polar surface area (TPSA) is 87.6 Å². The first-order valence-corrected chi connectivity index (χ1v) is 12.7. The molecule has 1 saturated heterocycles. The summed E-state index contributed by atoms with van der Waals surface area (Å²) in [7, 11) is 0. The summed E-state index contributed by atoms with van der Waals surface area (Å²) in [4.78, 5) is 15.8. The molecule has 0 unspecified atom stereocenters. The summed E-state index contributed by atoms with van der Waals surface area (Å²) < 4.78 is 20.0. The molecule has 5 rings (SSSR count). The third kappa shape index (κ3) is 6.79. The minimum Gasteiger partial charge on any atom is -0.488 e. The highest BCUT2D eigenvalue weighted by Crippen LogP contribution is 2.24. The maximum Gasteiger partial charge on any atom is 0.250 e. The fraction of sp³-hybridized carbons (Fsp3) is 0.185. The molecule has 0 amide bonds. The lowest BCUT2D eigenvalue weighted by Gasteiger charge is -2.16. The van der Waals surface area contributed by atoms with Crippen molar-refractivity contribution >= 4 is 45.7 Å². The third-order valence-corrected chi connectivity index (χ3v) is 6.18. The molecule has 188 valence electrons. The van der Waals surface area contributed by atoms with Crippen molar-refractivity contribution in [2.45, 2.75) is 19.4 Å². The van der Waals surface area contributed by atoms with Crippen LogP contribution in [0.15, 0.2) is 82.4 Å². The maximum atomic E-state index is 13.2. The van der Waals surface area contributed by atoms with Crippen LogP contribution in [-0.2, 0) is 6.61 Å². The number of hydrazone groups is 1. The number of ether oxygens (including phenoxy) is 1. The average Bonchev–Trinajstić information content (AvgIpc) is 3.45. The van der Waals surface area contributed by atoms with E-state index in [-0.39, 0.29) is 5.82 Å². The Kier molecular flexibility index (Phi) is 7.85. The van der Waals surface area contributed by atoms with Gasteiger partial charge >= 0.3 is 0 Å². The van der Waals surface area contributed by atoms with Gasteiger partial charge in [-0.1, -0.05) is 46.3 Å². The molecule has 0 atom stereocenters. The van der Waals surface area contributed by atoms with Crippen LogP contribution in [0.3, 0.4) is 0 Å². The van der Waals surface area contributed by atoms with Crippen LogP contribution in [0.2, 0.25) is 0 Å². The first-order valence-electron chi connectivity index (χ1n) is 11.9. The molecule has 10 heteroatoms. The Labute approximate surface area is 222 Å². The first kappa shape index (κ1) is 24.6. The quantitative estimate of drug-likeness (QED) is 0.187. The van der Waals surface area contributed by atoms with Crippen molar-refractivity contribution < 1.29 is 9.13 Å². The van der Waals surface area contributed by atoms with Crippen molar-refractivity contribution in [3.8, 4) is 5.75 Å². The van der Waals surface area contributed by atoms with E-state index in [1.54, 1.807) is 18.3 Å². The van der Waals surface area contributed by atoms with Gasteiger partial charge in [-0.15, -0.1) is 0 Å². The molecule has 0 spiro atoms. The van der Waals surface area contributed by atoms with Crippen LogP contribution in [0.25, 0.3) is 0 Å². The Hall–Kier alpha value is -4.05. The largest absolute Gasteiger partial charge is 0.488 e. The number of nitrogens with one attached hydrogen (secondary N) is 2. The van der Waals surface area contributed by atoms with Crippen LogP contribution in [0.1, 0.15) is 24.0 Å². The Bertz CT molecular complexity index is 1360. The zero-order chi connectivity index (χ0) is 25.5. The van der Waals surface area contributed by atoms with E-state index in [4.69, 9.17) is 4.74 Å². The van der Waals surface area contributed by atoms with Crippen LogP contribution in [0, 0.1) is 5.82 Å². The number of nitrogens with zero attached hydrogens (tertiary/aromatic N) is 5. The van der Waals surface area contributed by atoms with E-state index in [1.807, 2.05) is 48.5 Å². The van der Waals surface area contributed by atoms with Crippen molar-refractivity contribution in [3.05, 3.63) is 94.2 Å². The molecule has 4 aromatic rings. The Morgan fingerprint density at radius 1 is 0.946 bits per heavy atom. The second-order valence-corrected chi connectivity index (χ2v) is 9.35. The molecule has 1 aliphatic heterocycles. The highest BCUT2D eigenvalue weighted by Gasteiger charge is 2.17. The summed E-state index contributed by atoms with van der Waals surface area (Å²) >= 11 is 3.50. The van der Waals surface area contributed by atoms with Gasteiger partial charge in [-0.25, -0.2) is 9.82 Å². The number of rotatable bonds is 9. The molecule has 8 nitrogen and oxygen atoms in total. The Morgan fingerprint density at radius 2 is 1.70 bits per heavy atom. The molecule has 1 aliphatic rings. The van der Waals surface area contributed by atoms with Crippen molar-refractivity contribution in [1.29, 1.82) is 0 Å². The molecule has 1 aromatic heterocycles. The first-order chi connectivity index (χ1) is 18.1. The molecule has 2 heterocycles. The number of halogens is 2. The zero-order valence-electron chi connectivity index (χ0n) is 19.9. The maximum absolute atomic E-state index is 13.2. The number of para-hydroxylation sites is 1. The fourth-order valence-corrected chi connectivity index (χ4v) is 4.21. The van der Waals surface area contributed by atoms with Crippen LogP contribution in [0.4, 0.5) is 27.9 Å². The summed E-state index contributed by atoms with van der Waals surface area (Å²) in [5.74, 6) is 1.73. The minimum absolute atomic E-state index is 0.278. The predicted molar refractivity (Wildman–Crippen MR) is 147 cm³/mol. The van der Waals surface area contributed by atoms with Gasteiger partial charge in [0.1, 0.15) is 18.2 Å². The molecular weight excluding hydrogens is 537 g/mol. The molecule has 3 aromatic carbocycles. The summed E-state index contributed by atoms with van der Waals surface area (Å²) in [6.45, 7) is 2.12. The fourth-order valence-electron chi connectivity index (χ4n) is 3.83. The van der Waals surface area contributed by atoms with E-state index in [0.717, 1.165) is 47.2 Å². The predicted octanol–water partition coefficient (Wildman–Crippen LogP) is 6.14. The normalized spacial score (nSPS) is 13.2. The highest BCUT2D eigenvalue weighted by molar-refractivity contribution is 9.10. The van der Waals surface area contributed by atoms with Crippen LogP contribution < -0.4 is 20.4 Å². The van der Waals surface area contributed by atoms with Gasteiger partial charge in [0.15, 0.2) is 0 Å². The standard InChI is InChI=1S/C27H25BrFN7O/c28-21-10-13-24(37-18-19-8-11-22(29)12-9-19)20(16-21)17-30-35-26-32-25(31-23-6-2-1-3-7-23)33-27(34-26)36-14-4-5-15-36/h1-3,6-13,16-17H,4-5,14-15,18H2,(H2,31,32,33,34,35)/b30-17-. The van der Waals surface area contributed by atoms with E-state index < -0.39 is 0 Å². The van der Waals surface area contributed by atoms with Gasteiger partial charge in [0.2, 0.25) is 17.8 Å². The van der Waals surface area contributed by atoms with Gasteiger partial charge in [0.05, 0.1) is 6.21 Å². The molecule has 0 aliphatic carbocycles. The molecule has 0 saturated carbocycles. The smallest absolute Gasteiger partial charge is 0.250 e. The lowest BCUT2D eigenvalue weighted by molar-refractivity contribution is 0.305. The van der Waals surface area contributed by atoms with E-state index in [0.29, 0.717) is 30.2 Å². The molecule has 37 heavy (non-hydrogen) atoms. The highest BCUT2D eigenvalue weighted by atomic mass is 79.9. The monoisotopic (exact) mass is 561 g/mol. The summed E-state index contributed by atoms with van der Waals surface area (Å²) in [5.41, 5.74) is 5.43. The van der Waals surface area contributed by atoms with Crippen molar-refractivity contribution in [1.82, 2.24) is 15.0 Å². The van der Waals surface area contributed by atoms with Gasteiger partial charge in [0, 0.05) is 28.8 Å². The SMILES string of the molecule is Fc1ccc(COc2ccc(Br)cc2/C=N\Nc2nc(Nc3ccccc3)nc(N3CCCC3)n2)cc1. The number of benzene rings is 3. The van der Waals surface area contributed by atoms with E-state index in [1.165, 1.54) is 12.1 Å². The minimum atomic E-state index is -0.278. The molecule has 0 radical (unpaired) electrons. The van der Waals surface area contributed by atoms with Crippen molar-refractivity contribution in [2.75, 3.05) is 28.7 Å². The number of hydrogen-bond donors (Lipinski definition) is 2. The summed E-state index contributed by atoms with van der Waals surface area (Å²) in [6, 6.07) is 21.6. The van der Waals surface area contributed by atoms with Gasteiger partial charge in [0.25, 0.3) is 0 Å². The van der Waals surface area contributed by atoms with Crippen LogP contribution in [0.5, 0.6) is 5.75 Å². The lowest BCUT2D eigenvalue weighted by Crippen LogP contribution is -2.21. The third-order valence-electron chi connectivity index (χ3n) is 5.69. The molecule has 1 fully saturated rings. The van der Waals surface area contributed by atoms with Crippen molar-refractivity contribution in [2.24, 2.45) is 5.10 Å². The Balaban J connectivity index is 1.33. The lowest BCUT2D eigenvalue weighted by atomic mass is 10.2. The van der Waals surface area contributed by atoms with Crippen LogP contribution in [-0.4, -0.2) is 34.3 Å². The van der Waals surface area contributed by atoms with Crippen LogP contribution >= 0.6 is 15.9 Å². The van der Waals surface area contributed by atoms with Gasteiger partial charge in [-0.2, -0.15) is 20.1 Å². The Morgan fingerprint density at radius 3 is 2.49 bits per heavy atom. The van der Waals surface area contributed by atoms with E-state index in [9.17, 15) is 4.39 Å². The second-order valence-electron chi connectivity index (χ2n) is 8.44. The van der Waals surface area contributed by atoms with Gasteiger partial charge < -0.3 is 15.0 Å². The van der Waals surface area contributed by atoms with E-state index >= 15 is 0 Å². The zero-order valence-corrected chi connectivity index (χ0v) is 21.5. The van der Waals surface area contributed by atoms with Gasteiger partial charge in [-0.05, 0) is 60.9 Å². The molecule has 0 bridgehead atoms. The molecule has 2 N–H and O–H groups in total. The van der Waals surface area contributed by atoms with Crippen molar-refractivity contribution in [3.63, 3.8) is 0 Å². The number of hydrogen-bond acceptors (Lipinski definition) is 8. The van der Waals surface area contributed by atoms with Gasteiger partial charge in [-0.3, -0.25) is 0 Å². The number of anilines is 4.